The number of nitrogens with zero attached hydrogens (tertiary/aromatic N) is 4. The molecule has 27 heavy (non-hydrogen) atoms. The molecule has 4 rings (SSSR count). The molecule has 0 spiro atoms. The molecule has 0 unspecified atom stereocenters. The maximum atomic E-state index is 12.9. The van der Waals surface area contributed by atoms with E-state index < -0.39 is 5.91 Å². The number of fused-ring (bicyclic) bond motifs is 1. The summed E-state index contributed by atoms with van der Waals surface area (Å²) in [5, 5.41) is 3.15. The van der Waals surface area contributed by atoms with E-state index >= 15 is 0 Å². The molecule has 7 heteroatoms. The number of anilines is 1. The fourth-order valence-electron chi connectivity index (χ4n) is 2.83. The average Bonchev–Trinajstić information content (AvgIpc) is 2.71. The number of rotatable bonds is 3. The van der Waals surface area contributed by atoms with Crippen LogP contribution in [0.4, 0.5) is 5.69 Å². The zero-order chi connectivity index (χ0) is 18.8. The molecule has 1 amide bonds. The van der Waals surface area contributed by atoms with Gasteiger partial charge in [-0.3, -0.25) is 19.6 Å². The first-order chi connectivity index (χ1) is 13.1. The molecule has 0 radical (unpaired) electrons. The van der Waals surface area contributed by atoms with Crippen molar-refractivity contribution in [2.45, 2.75) is 6.92 Å². The smallest absolute Gasteiger partial charge is 0.261 e. The predicted octanol–water partition coefficient (Wildman–Crippen LogP) is 2.74. The summed E-state index contributed by atoms with van der Waals surface area (Å²) in [6.45, 7) is 1.84. The average molecular weight is 357 g/mol. The molecule has 0 aromatic carbocycles. The Morgan fingerprint density at radius 2 is 1.81 bits per heavy atom. The zero-order valence-corrected chi connectivity index (χ0v) is 14.5. The molecular weight excluding hydrogens is 342 g/mol. The van der Waals surface area contributed by atoms with E-state index in [-0.39, 0.29) is 11.0 Å². The minimum atomic E-state index is -0.483. The summed E-state index contributed by atoms with van der Waals surface area (Å²) in [7, 11) is 0. The number of carbonyl (C=O) groups is 1. The van der Waals surface area contributed by atoms with Gasteiger partial charge in [-0.1, -0.05) is 0 Å². The molecule has 0 fully saturated rings. The molecule has 0 aliphatic heterocycles. The van der Waals surface area contributed by atoms with E-state index in [4.69, 9.17) is 0 Å². The Labute approximate surface area is 154 Å². The van der Waals surface area contributed by atoms with Crippen molar-refractivity contribution >= 4 is 22.6 Å². The van der Waals surface area contributed by atoms with Crippen LogP contribution in [0.3, 0.4) is 0 Å². The van der Waals surface area contributed by atoms with Crippen LogP contribution in [0, 0.1) is 6.92 Å². The van der Waals surface area contributed by atoms with Crippen molar-refractivity contribution in [3.63, 3.8) is 0 Å². The quantitative estimate of drug-likeness (QED) is 0.609. The number of aromatic nitrogens is 4. The van der Waals surface area contributed by atoms with Crippen LogP contribution < -0.4 is 10.7 Å². The molecule has 4 aromatic rings. The molecule has 7 nitrogen and oxygen atoms in total. The molecule has 132 valence electrons. The highest BCUT2D eigenvalue weighted by atomic mass is 16.2. The highest BCUT2D eigenvalue weighted by Gasteiger charge is 2.17. The number of carbonyl (C=O) groups excluding carboxylic acids is 1. The van der Waals surface area contributed by atoms with Crippen LogP contribution in [0.5, 0.6) is 0 Å². The van der Waals surface area contributed by atoms with Crippen LogP contribution in [0.2, 0.25) is 0 Å². The molecule has 0 saturated heterocycles. The van der Waals surface area contributed by atoms with Crippen LogP contribution in [0.25, 0.3) is 16.7 Å². The van der Waals surface area contributed by atoms with Gasteiger partial charge < -0.3 is 9.88 Å². The number of hydrogen-bond acceptors (Lipinski definition) is 5. The Bertz CT molecular complexity index is 1200. The predicted molar refractivity (Wildman–Crippen MR) is 102 cm³/mol. The molecular formula is C20H15N5O2. The summed E-state index contributed by atoms with van der Waals surface area (Å²) < 4.78 is 1.72. The van der Waals surface area contributed by atoms with E-state index in [1.54, 1.807) is 65.9 Å². The summed E-state index contributed by atoms with van der Waals surface area (Å²) in [5.41, 5.74) is 2.31. The Balaban J connectivity index is 1.89. The van der Waals surface area contributed by atoms with E-state index in [1.165, 1.54) is 6.20 Å². The van der Waals surface area contributed by atoms with Gasteiger partial charge in [0.25, 0.3) is 5.91 Å². The molecule has 1 N–H and O–H groups in total. The largest absolute Gasteiger partial charge is 0.321 e. The maximum absolute atomic E-state index is 12.9. The minimum absolute atomic E-state index is 0.0310. The van der Waals surface area contributed by atoms with Crippen LogP contribution in [0.1, 0.15) is 15.9 Å². The fourth-order valence-corrected chi connectivity index (χ4v) is 2.83. The Kier molecular flexibility index (Phi) is 4.18. The lowest BCUT2D eigenvalue weighted by atomic mass is 10.1. The first kappa shape index (κ1) is 16.6. The highest BCUT2D eigenvalue weighted by Crippen LogP contribution is 2.17. The lowest BCUT2D eigenvalue weighted by Gasteiger charge is -2.13. The van der Waals surface area contributed by atoms with E-state index in [2.05, 4.69) is 20.3 Å². The van der Waals surface area contributed by atoms with Crippen LogP contribution in [-0.2, 0) is 0 Å². The SMILES string of the molecule is Cc1cnccc1NC(=O)c1cn(-c2ccncc2)c2ncccc2c1=O. The number of amides is 1. The third-order valence-corrected chi connectivity index (χ3v) is 4.22. The zero-order valence-electron chi connectivity index (χ0n) is 14.5. The minimum Gasteiger partial charge on any atom is -0.321 e. The molecule has 0 bridgehead atoms. The van der Waals surface area contributed by atoms with E-state index in [9.17, 15) is 9.59 Å². The number of nitrogens with one attached hydrogen (secondary N) is 1. The standard InChI is InChI=1S/C20H15N5O2/c1-13-11-22-10-6-17(13)24-20(27)16-12-25(14-4-8-21-9-5-14)19-15(18(16)26)3-2-7-23-19/h2-12H,1H3,(H,22,24,27). The normalized spacial score (nSPS) is 10.7. The Hall–Kier alpha value is -3.87. The first-order valence-electron chi connectivity index (χ1n) is 8.28. The van der Waals surface area contributed by atoms with Gasteiger partial charge in [0, 0.05) is 42.9 Å². The first-order valence-corrected chi connectivity index (χ1v) is 8.28. The molecule has 4 heterocycles. The van der Waals surface area contributed by atoms with Crippen LogP contribution in [-0.4, -0.2) is 25.4 Å². The van der Waals surface area contributed by atoms with E-state index in [1.807, 2.05) is 6.92 Å². The lowest BCUT2D eigenvalue weighted by Crippen LogP contribution is -2.24. The summed E-state index contributed by atoms with van der Waals surface area (Å²) >= 11 is 0. The van der Waals surface area contributed by atoms with Gasteiger partial charge in [0.15, 0.2) is 0 Å². The van der Waals surface area contributed by atoms with Gasteiger partial charge in [-0.15, -0.1) is 0 Å². The van der Waals surface area contributed by atoms with E-state index in [0.29, 0.717) is 16.7 Å². The van der Waals surface area contributed by atoms with Crippen molar-refractivity contribution in [1.82, 2.24) is 19.5 Å². The van der Waals surface area contributed by atoms with Crippen molar-refractivity contribution in [1.29, 1.82) is 0 Å². The van der Waals surface area contributed by atoms with Gasteiger partial charge in [-0.25, -0.2) is 4.98 Å². The van der Waals surface area contributed by atoms with Gasteiger partial charge in [0.1, 0.15) is 11.2 Å². The monoisotopic (exact) mass is 357 g/mol. The highest BCUT2D eigenvalue weighted by molar-refractivity contribution is 6.06. The number of aryl methyl sites for hydroxylation is 1. The van der Waals surface area contributed by atoms with Crippen molar-refractivity contribution in [3.8, 4) is 5.69 Å². The molecule has 0 aliphatic carbocycles. The Morgan fingerprint density at radius 3 is 2.59 bits per heavy atom. The summed E-state index contributed by atoms with van der Waals surface area (Å²) in [5.74, 6) is -0.483. The van der Waals surface area contributed by atoms with Gasteiger partial charge in [-0.05, 0) is 42.8 Å². The summed E-state index contributed by atoms with van der Waals surface area (Å²) in [4.78, 5) is 38.1. The summed E-state index contributed by atoms with van der Waals surface area (Å²) in [6.07, 6.45) is 9.64. The molecule has 0 atom stereocenters. The van der Waals surface area contributed by atoms with Gasteiger partial charge in [0.05, 0.1) is 11.1 Å². The second-order valence-electron chi connectivity index (χ2n) is 5.97. The van der Waals surface area contributed by atoms with E-state index in [0.717, 1.165) is 11.3 Å². The van der Waals surface area contributed by atoms with Crippen molar-refractivity contribution in [2.75, 3.05) is 5.32 Å². The second kappa shape index (κ2) is 6.80. The number of hydrogen-bond donors (Lipinski definition) is 1. The maximum Gasteiger partial charge on any atom is 0.261 e. The van der Waals surface area contributed by atoms with Crippen molar-refractivity contribution in [2.24, 2.45) is 0 Å². The third kappa shape index (κ3) is 3.06. The van der Waals surface area contributed by atoms with Crippen LogP contribution >= 0.6 is 0 Å². The molecule has 0 aliphatic rings. The van der Waals surface area contributed by atoms with Crippen LogP contribution in [0.15, 0.2) is 72.3 Å². The van der Waals surface area contributed by atoms with Crippen molar-refractivity contribution < 1.29 is 4.79 Å². The van der Waals surface area contributed by atoms with Crippen molar-refractivity contribution in [3.05, 3.63) is 88.9 Å². The molecule has 4 aromatic heterocycles. The van der Waals surface area contributed by atoms with Gasteiger partial charge in [-0.2, -0.15) is 0 Å². The second-order valence-corrected chi connectivity index (χ2v) is 5.97. The number of pyridine rings is 4. The fraction of sp³-hybridized carbons (Fsp3) is 0.0500. The molecule has 0 saturated carbocycles. The summed E-state index contributed by atoms with van der Waals surface area (Å²) in [6, 6.07) is 8.60. The van der Waals surface area contributed by atoms with Gasteiger partial charge >= 0.3 is 0 Å². The van der Waals surface area contributed by atoms with Gasteiger partial charge in [0.2, 0.25) is 5.43 Å². The Morgan fingerprint density at radius 1 is 1.04 bits per heavy atom. The lowest BCUT2D eigenvalue weighted by molar-refractivity contribution is 0.102. The topological polar surface area (TPSA) is 89.8 Å². The third-order valence-electron chi connectivity index (χ3n) is 4.22.